The molecule has 0 bridgehead atoms. The molecule has 6 heteroatoms. The molecule has 2 fully saturated rings. The molecule has 0 spiro atoms. The van der Waals surface area contributed by atoms with Gasteiger partial charge >= 0.3 is 0 Å². The highest BCUT2D eigenvalue weighted by molar-refractivity contribution is 6.07. The molecular formula is C21H24N4O2. The van der Waals surface area contributed by atoms with E-state index in [-0.39, 0.29) is 17.9 Å². The molecule has 3 atom stereocenters. The van der Waals surface area contributed by atoms with Crippen LogP contribution in [0.15, 0.2) is 54.6 Å². The van der Waals surface area contributed by atoms with Gasteiger partial charge in [0.15, 0.2) is 0 Å². The summed E-state index contributed by atoms with van der Waals surface area (Å²) in [5, 5.41) is 1.92. The summed E-state index contributed by atoms with van der Waals surface area (Å²) in [6, 6.07) is 17.4. The van der Waals surface area contributed by atoms with Gasteiger partial charge in [0.05, 0.1) is 12.0 Å². The topological polar surface area (TPSA) is 55.9 Å². The fraction of sp³-hybridized carbons (Fsp3) is 0.333. The first-order chi connectivity index (χ1) is 13.0. The van der Waals surface area contributed by atoms with E-state index in [1.54, 1.807) is 7.05 Å². The Hall–Kier alpha value is -2.70. The minimum Gasteiger partial charge on any atom is -0.378 e. The molecule has 1 N–H and O–H groups in total. The Bertz CT molecular complexity index is 850. The van der Waals surface area contributed by atoms with Crippen LogP contribution in [0.25, 0.3) is 0 Å². The van der Waals surface area contributed by atoms with E-state index < -0.39 is 12.0 Å². The van der Waals surface area contributed by atoms with Crippen molar-refractivity contribution in [3.63, 3.8) is 0 Å². The van der Waals surface area contributed by atoms with Crippen molar-refractivity contribution in [2.24, 2.45) is 5.92 Å². The lowest BCUT2D eigenvalue weighted by Crippen LogP contribution is -2.43. The number of amides is 2. The molecule has 0 aromatic heterocycles. The van der Waals surface area contributed by atoms with Crippen LogP contribution in [0.4, 0.5) is 5.69 Å². The Morgan fingerprint density at radius 1 is 0.963 bits per heavy atom. The van der Waals surface area contributed by atoms with Crippen molar-refractivity contribution in [2.45, 2.75) is 18.6 Å². The second kappa shape index (κ2) is 6.79. The summed E-state index contributed by atoms with van der Waals surface area (Å²) in [6.45, 7) is 0.571. The minimum atomic E-state index is -0.471. The Kier molecular flexibility index (Phi) is 4.45. The average molecular weight is 364 g/mol. The molecule has 0 radical (unpaired) electrons. The standard InChI is InChI=1S/C21H24N4O2/c1-23(2)16-11-9-15(10-12-16)18-17-19(21(27)24(3)20(17)26)25(22-18)13-14-7-5-4-6-8-14/h4-12,17-19,22H,13H2,1-3H3/t17-,18+,19+/m1/s1. The lowest BCUT2D eigenvalue weighted by atomic mass is 9.90. The first-order valence-corrected chi connectivity index (χ1v) is 9.13. The van der Waals surface area contributed by atoms with Gasteiger partial charge < -0.3 is 4.90 Å². The number of likely N-dealkylation sites (N-methyl/N-ethyl adjacent to an activating group) is 1. The van der Waals surface area contributed by atoms with Gasteiger partial charge in [-0.25, -0.2) is 10.4 Å². The molecule has 0 saturated carbocycles. The number of nitrogens with zero attached hydrogens (tertiary/aromatic N) is 3. The van der Waals surface area contributed by atoms with Gasteiger partial charge in [-0.05, 0) is 23.3 Å². The van der Waals surface area contributed by atoms with Crippen molar-refractivity contribution in [3.8, 4) is 0 Å². The van der Waals surface area contributed by atoms with Crippen molar-refractivity contribution in [3.05, 3.63) is 65.7 Å². The van der Waals surface area contributed by atoms with Crippen LogP contribution in [0.1, 0.15) is 17.2 Å². The predicted octanol–water partition coefficient (Wildman–Crippen LogP) is 1.80. The lowest BCUT2D eigenvalue weighted by molar-refractivity contribution is -0.139. The SMILES string of the molecule is CN1C(=O)[C@H]2[C@@H](C1=O)N(Cc1ccccc1)N[C@H]2c1ccc(N(C)C)cc1. The molecule has 2 saturated heterocycles. The third kappa shape index (κ3) is 3.01. The summed E-state index contributed by atoms with van der Waals surface area (Å²) in [6.07, 6.45) is 0. The summed E-state index contributed by atoms with van der Waals surface area (Å²) in [5.41, 5.74) is 6.65. The van der Waals surface area contributed by atoms with Gasteiger partial charge in [0.1, 0.15) is 6.04 Å². The number of hydrazine groups is 1. The number of fused-ring (bicyclic) bond motifs is 1. The molecule has 2 amide bonds. The highest BCUT2D eigenvalue weighted by Crippen LogP contribution is 2.40. The second-order valence-corrected chi connectivity index (χ2v) is 7.41. The van der Waals surface area contributed by atoms with Crippen molar-refractivity contribution in [1.82, 2.24) is 15.3 Å². The van der Waals surface area contributed by atoms with E-state index in [0.29, 0.717) is 6.54 Å². The van der Waals surface area contributed by atoms with E-state index in [1.165, 1.54) is 4.90 Å². The van der Waals surface area contributed by atoms with Gasteiger partial charge in [0.2, 0.25) is 11.8 Å². The molecule has 2 heterocycles. The van der Waals surface area contributed by atoms with Crippen LogP contribution in [0.5, 0.6) is 0 Å². The highest BCUT2D eigenvalue weighted by Gasteiger charge is 2.57. The maximum atomic E-state index is 12.8. The van der Waals surface area contributed by atoms with Gasteiger partial charge in [0, 0.05) is 33.4 Å². The summed E-state index contributed by atoms with van der Waals surface area (Å²) in [7, 11) is 5.57. The van der Waals surface area contributed by atoms with Gasteiger partial charge in [-0.3, -0.25) is 14.5 Å². The molecule has 27 heavy (non-hydrogen) atoms. The number of anilines is 1. The van der Waals surface area contributed by atoms with Crippen molar-refractivity contribution < 1.29 is 9.59 Å². The number of likely N-dealkylation sites (tertiary alicyclic amines) is 1. The van der Waals surface area contributed by atoms with Gasteiger partial charge in [-0.2, -0.15) is 0 Å². The average Bonchev–Trinajstić information content (AvgIpc) is 3.15. The normalized spacial score (nSPS) is 25.1. The van der Waals surface area contributed by atoms with Crippen LogP contribution in [0, 0.1) is 5.92 Å². The molecule has 6 nitrogen and oxygen atoms in total. The molecule has 0 aliphatic carbocycles. The van der Waals surface area contributed by atoms with Crippen LogP contribution >= 0.6 is 0 Å². The largest absolute Gasteiger partial charge is 0.378 e. The van der Waals surface area contributed by atoms with Crippen LogP contribution in [-0.4, -0.2) is 48.9 Å². The van der Waals surface area contributed by atoms with E-state index in [1.807, 2.05) is 78.6 Å². The molecule has 0 unspecified atom stereocenters. The van der Waals surface area contributed by atoms with Gasteiger partial charge in [-0.1, -0.05) is 42.5 Å². The third-order valence-corrected chi connectivity index (χ3v) is 5.50. The van der Waals surface area contributed by atoms with Gasteiger partial charge in [-0.15, -0.1) is 0 Å². The maximum Gasteiger partial charge on any atom is 0.248 e. The number of carbonyl (C=O) groups is 2. The molecule has 2 aliphatic heterocycles. The molecule has 4 rings (SSSR count). The number of hydrogen-bond acceptors (Lipinski definition) is 5. The summed E-state index contributed by atoms with van der Waals surface area (Å²) < 4.78 is 0. The number of hydrogen-bond donors (Lipinski definition) is 1. The fourth-order valence-electron chi connectivity index (χ4n) is 4.00. The zero-order valence-electron chi connectivity index (χ0n) is 15.8. The Labute approximate surface area is 159 Å². The number of imide groups is 1. The molecule has 140 valence electrons. The summed E-state index contributed by atoms with van der Waals surface area (Å²) in [4.78, 5) is 28.8. The quantitative estimate of drug-likeness (QED) is 0.839. The monoisotopic (exact) mass is 364 g/mol. The number of benzene rings is 2. The van der Waals surface area contributed by atoms with Crippen LogP contribution in [0.3, 0.4) is 0 Å². The van der Waals surface area contributed by atoms with Crippen LogP contribution < -0.4 is 10.3 Å². The van der Waals surface area contributed by atoms with Crippen molar-refractivity contribution >= 4 is 17.5 Å². The fourth-order valence-corrected chi connectivity index (χ4v) is 4.00. The van der Waals surface area contributed by atoms with Crippen LogP contribution in [0.2, 0.25) is 0 Å². The molecule has 2 aromatic carbocycles. The first-order valence-electron chi connectivity index (χ1n) is 9.13. The van der Waals surface area contributed by atoms with Crippen molar-refractivity contribution in [1.29, 1.82) is 0 Å². The predicted molar refractivity (Wildman–Crippen MR) is 104 cm³/mol. The smallest absolute Gasteiger partial charge is 0.248 e. The summed E-state index contributed by atoms with van der Waals surface area (Å²) in [5.74, 6) is -0.660. The van der Waals surface area contributed by atoms with E-state index in [2.05, 4.69) is 5.43 Å². The number of nitrogens with one attached hydrogen (secondary N) is 1. The van der Waals surface area contributed by atoms with E-state index in [4.69, 9.17) is 0 Å². The van der Waals surface area contributed by atoms with Crippen LogP contribution in [-0.2, 0) is 16.1 Å². The van der Waals surface area contributed by atoms with Gasteiger partial charge in [0.25, 0.3) is 0 Å². The Morgan fingerprint density at radius 2 is 1.63 bits per heavy atom. The Morgan fingerprint density at radius 3 is 2.26 bits per heavy atom. The Balaban J connectivity index is 1.66. The zero-order valence-corrected chi connectivity index (χ0v) is 15.8. The molecular weight excluding hydrogens is 340 g/mol. The maximum absolute atomic E-state index is 12.8. The molecule has 2 aromatic rings. The lowest BCUT2D eigenvalue weighted by Gasteiger charge is -2.24. The number of carbonyl (C=O) groups excluding carboxylic acids is 2. The molecule has 2 aliphatic rings. The van der Waals surface area contributed by atoms with E-state index in [9.17, 15) is 9.59 Å². The minimum absolute atomic E-state index is 0.116. The highest BCUT2D eigenvalue weighted by atomic mass is 16.2. The first kappa shape index (κ1) is 17.7. The number of rotatable bonds is 4. The zero-order chi connectivity index (χ0) is 19.1. The van der Waals surface area contributed by atoms with E-state index in [0.717, 1.165) is 16.8 Å². The second-order valence-electron chi connectivity index (χ2n) is 7.41. The van der Waals surface area contributed by atoms with Crippen molar-refractivity contribution in [2.75, 3.05) is 26.0 Å². The van der Waals surface area contributed by atoms with E-state index >= 15 is 0 Å². The summed E-state index contributed by atoms with van der Waals surface area (Å²) >= 11 is 0. The third-order valence-electron chi connectivity index (χ3n) is 5.50.